The van der Waals surface area contributed by atoms with Crippen LogP contribution in [0.15, 0.2) is 0 Å². The van der Waals surface area contributed by atoms with Crippen molar-refractivity contribution in [2.24, 2.45) is 0 Å². The van der Waals surface area contributed by atoms with E-state index in [4.69, 9.17) is 10.0 Å². The Morgan fingerprint density at radius 3 is 1.67 bits per heavy atom. The maximum absolute atomic E-state index is 11.6. The second kappa shape index (κ2) is 3.52. The van der Waals surface area contributed by atoms with E-state index in [9.17, 15) is 22.0 Å². The SMILES string of the molecule is OB(O)OOC(F)(F)C(F)(F)F. The first kappa shape index (κ1) is 11.6. The number of halogens is 5. The van der Waals surface area contributed by atoms with Crippen LogP contribution >= 0.6 is 0 Å². The fourth-order valence-electron chi connectivity index (χ4n) is 0.151. The molecule has 0 unspecified atom stereocenters. The number of alkyl halides is 5. The van der Waals surface area contributed by atoms with Gasteiger partial charge >= 0.3 is 19.6 Å². The molecule has 0 bridgehead atoms. The van der Waals surface area contributed by atoms with Crippen LogP contribution in [0.4, 0.5) is 22.0 Å². The molecule has 0 aliphatic rings. The van der Waals surface area contributed by atoms with Gasteiger partial charge in [-0.15, -0.1) is 0 Å². The van der Waals surface area contributed by atoms with Crippen LogP contribution in [0.1, 0.15) is 0 Å². The molecular formula is C2H2BF5O4. The van der Waals surface area contributed by atoms with Gasteiger partial charge in [-0.25, -0.2) is 4.81 Å². The summed E-state index contributed by atoms with van der Waals surface area (Å²) in [4.78, 5) is 5.17. The minimum absolute atomic E-state index is 2.40. The molecule has 0 aliphatic heterocycles. The summed E-state index contributed by atoms with van der Waals surface area (Å²) in [5, 5.41) is 15.4. The van der Waals surface area contributed by atoms with Gasteiger partial charge in [0.1, 0.15) is 0 Å². The Labute approximate surface area is 62.6 Å². The van der Waals surface area contributed by atoms with Crippen molar-refractivity contribution in [3.8, 4) is 0 Å². The van der Waals surface area contributed by atoms with E-state index in [0.29, 0.717) is 0 Å². The molecule has 0 amide bonds. The molecule has 0 aromatic carbocycles. The minimum Gasteiger partial charge on any atom is -0.400 e. The summed E-state index contributed by atoms with van der Waals surface area (Å²) in [6, 6.07) is 0. The van der Waals surface area contributed by atoms with E-state index in [1.807, 2.05) is 0 Å². The second-order valence-electron chi connectivity index (χ2n) is 1.52. The molecule has 0 aromatic rings. The highest BCUT2D eigenvalue weighted by molar-refractivity contribution is 6.32. The van der Waals surface area contributed by atoms with E-state index >= 15 is 0 Å². The highest BCUT2D eigenvalue weighted by Gasteiger charge is 2.61. The van der Waals surface area contributed by atoms with E-state index in [-0.39, 0.29) is 0 Å². The van der Waals surface area contributed by atoms with Gasteiger partial charge < -0.3 is 10.0 Å². The van der Waals surface area contributed by atoms with E-state index in [1.165, 1.54) is 0 Å². The minimum atomic E-state index is -5.97. The quantitative estimate of drug-likeness (QED) is 0.290. The van der Waals surface area contributed by atoms with Gasteiger partial charge in [0.25, 0.3) is 0 Å². The zero-order chi connectivity index (χ0) is 9.99. The Kier molecular flexibility index (Phi) is 3.39. The predicted octanol–water partition coefficient (Wildman–Crippen LogP) is 0.0592. The summed E-state index contributed by atoms with van der Waals surface area (Å²) in [5.74, 6) is 0. The summed E-state index contributed by atoms with van der Waals surface area (Å²) >= 11 is 0. The van der Waals surface area contributed by atoms with Gasteiger partial charge in [-0.05, 0) is 0 Å². The largest absolute Gasteiger partial charge is 0.662 e. The highest BCUT2D eigenvalue weighted by Crippen LogP contribution is 2.36. The smallest absolute Gasteiger partial charge is 0.400 e. The Morgan fingerprint density at radius 1 is 1.00 bits per heavy atom. The van der Waals surface area contributed by atoms with Gasteiger partial charge in [0.05, 0.1) is 0 Å². The van der Waals surface area contributed by atoms with Crippen LogP contribution in [0.3, 0.4) is 0 Å². The molecule has 2 N–H and O–H groups in total. The molecule has 0 spiro atoms. The summed E-state index contributed by atoms with van der Waals surface area (Å²) in [7, 11) is -2.86. The molecule has 0 saturated heterocycles. The average molecular weight is 196 g/mol. The van der Waals surface area contributed by atoms with Crippen LogP contribution in [0.5, 0.6) is 0 Å². The Hall–Kier alpha value is -0.445. The zero-order valence-corrected chi connectivity index (χ0v) is 5.18. The van der Waals surface area contributed by atoms with Crippen molar-refractivity contribution in [3.63, 3.8) is 0 Å². The molecule has 0 atom stereocenters. The standard InChI is InChI=1S/C2H2BF5O4/c4-1(5,6)2(7,8)11-12-3(9)10/h9-10H. The number of hydrogen-bond acceptors (Lipinski definition) is 4. The third-order valence-electron chi connectivity index (χ3n) is 0.569. The van der Waals surface area contributed by atoms with Crippen LogP contribution in [-0.4, -0.2) is 29.7 Å². The molecule has 0 aliphatic carbocycles. The maximum atomic E-state index is 11.6. The highest BCUT2D eigenvalue weighted by atomic mass is 19.4. The van der Waals surface area contributed by atoms with Crippen LogP contribution < -0.4 is 0 Å². The van der Waals surface area contributed by atoms with E-state index < -0.39 is 19.6 Å². The third-order valence-corrected chi connectivity index (χ3v) is 0.569. The number of hydrogen-bond donors (Lipinski definition) is 2. The number of rotatable bonds is 3. The molecule has 0 rings (SSSR count). The lowest BCUT2D eigenvalue weighted by molar-refractivity contribution is -0.482. The average Bonchev–Trinajstić information content (AvgIpc) is 1.81. The third kappa shape index (κ3) is 3.30. The summed E-state index contributed by atoms with van der Waals surface area (Å²) in [6.45, 7) is 0. The molecule has 72 valence electrons. The Balaban J connectivity index is 4.05. The first-order valence-electron chi connectivity index (χ1n) is 2.32. The summed E-state index contributed by atoms with van der Waals surface area (Å²) < 4.78 is 56.7. The van der Waals surface area contributed by atoms with Gasteiger partial charge in [0.15, 0.2) is 0 Å². The molecule has 0 saturated carbocycles. The first-order valence-corrected chi connectivity index (χ1v) is 2.32. The van der Waals surface area contributed by atoms with Crippen molar-refractivity contribution in [2.45, 2.75) is 12.3 Å². The molecule has 4 nitrogen and oxygen atoms in total. The molecule has 0 fully saturated rings. The lowest BCUT2D eigenvalue weighted by Crippen LogP contribution is -2.40. The zero-order valence-electron chi connectivity index (χ0n) is 5.18. The van der Waals surface area contributed by atoms with Crippen LogP contribution in [0.2, 0.25) is 0 Å². The molecule has 10 heteroatoms. The van der Waals surface area contributed by atoms with E-state index in [1.54, 1.807) is 0 Å². The van der Waals surface area contributed by atoms with Gasteiger partial charge in [-0.3, -0.25) is 0 Å². The monoisotopic (exact) mass is 196 g/mol. The predicted molar refractivity (Wildman–Crippen MR) is 23.4 cm³/mol. The Bertz CT molecular complexity index is 145. The van der Waals surface area contributed by atoms with Crippen LogP contribution in [0.25, 0.3) is 0 Å². The fraction of sp³-hybridized carbons (Fsp3) is 1.00. The molecule has 0 heterocycles. The molecule has 0 radical (unpaired) electrons. The topological polar surface area (TPSA) is 58.9 Å². The van der Waals surface area contributed by atoms with Crippen molar-refractivity contribution in [1.82, 2.24) is 0 Å². The van der Waals surface area contributed by atoms with Crippen molar-refractivity contribution in [2.75, 3.05) is 0 Å². The van der Waals surface area contributed by atoms with Gasteiger partial charge in [0.2, 0.25) is 0 Å². The lowest BCUT2D eigenvalue weighted by atomic mass is 10.3. The van der Waals surface area contributed by atoms with Crippen LogP contribution in [-0.2, 0) is 9.69 Å². The van der Waals surface area contributed by atoms with Crippen LogP contribution in [0, 0.1) is 0 Å². The molecule has 12 heavy (non-hydrogen) atoms. The summed E-state index contributed by atoms with van der Waals surface area (Å²) in [5.41, 5.74) is 0. The second-order valence-corrected chi connectivity index (χ2v) is 1.52. The van der Waals surface area contributed by atoms with Crippen molar-refractivity contribution < 1.29 is 41.7 Å². The van der Waals surface area contributed by atoms with Gasteiger partial charge in [-0.2, -0.15) is 26.8 Å². The summed E-state index contributed by atoms with van der Waals surface area (Å²) in [6.07, 6.45) is -11.5. The normalized spacial score (nSPS) is 13.2. The lowest BCUT2D eigenvalue weighted by Gasteiger charge is -2.17. The van der Waals surface area contributed by atoms with Crippen molar-refractivity contribution in [1.29, 1.82) is 0 Å². The van der Waals surface area contributed by atoms with Gasteiger partial charge in [-0.1, -0.05) is 0 Å². The van der Waals surface area contributed by atoms with E-state index in [2.05, 4.69) is 9.69 Å². The molecule has 0 aromatic heterocycles. The first-order chi connectivity index (χ1) is 5.17. The van der Waals surface area contributed by atoms with Crippen molar-refractivity contribution in [3.05, 3.63) is 0 Å². The Morgan fingerprint density at radius 2 is 1.42 bits per heavy atom. The molecular weight excluding hydrogens is 194 g/mol. The van der Waals surface area contributed by atoms with Crippen molar-refractivity contribution >= 4 is 7.32 Å². The maximum Gasteiger partial charge on any atom is 0.662 e. The van der Waals surface area contributed by atoms with Gasteiger partial charge in [0, 0.05) is 0 Å². The van der Waals surface area contributed by atoms with E-state index in [0.717, 1.165) is 0 Å². The fourth-order valence-corrected chi connectivity index (χ4v) is 0.151.